The van der Waals surface area contributed by atoms with Crippen molar-refractivity contribution < 1.29 is 19.4 Å². The molecule has 8 heteroatoms. The fourth-order valence-corrected chi connectivity index (χ4v) is 3.70. The van der Waals surface area contributed by atoms with E-state index in [0.717, 1.165) is 22.0 Å². The van der Waals surface area contributed by atoms with Gasteiger partial charge in [-0.05, 0) is 55.3 Å². The molecule has 1 heterocycles. The SMILES string of the molecule is CCCNNC(=O)[C@@]1(Cc2ccc(Br)cc2)N=C(c2ccc(OCCCO)cc2)O[C@H]1C. The molecule has 2 aromatic rings. The zero-order chi connectivity index (χ0) is 23.0. The van der Waals surface area contributed by atoms with Gasteiger partial charge in [-0.25, -0.2) is 10.4 Å². The van der Waals surface area contributed by atoms with Gasteiger partial charge in [-0.15, -0.1) is 0 Å². The van der Waals surface area contributed by atoms with Gasteiger partial charge in [-0.1, -0.05) is 35.0 Å². The van der Waals surface area contributed by atoms with Crippen molar-refractivity contribution in [1.29, 1.82) is 0 Å². The number of aliphatic hydroxyl groups is 1. The fourth-order valence-electron chi connectivity index (χ4n) is 3.43. The quantitative estimate of drug-likeness (QED) is 0.323. The molecule has 0 aromatic heterocycles. The summed E-state index contributed by atoms with van der Waals surface area (Å²) < 4.78 is 12.7. The fraction of sp³-hybridized carbons (Fsp3) is 0.417. The number of hydrazine groups is 1. The van der Waals surface area contributed by atoms with Crippen LogP contribution < -0.4 is 15.6 Å². The van der Waals surface area contributed by atoms with Crippen LogP contribution in [0.25, 0.3) is 0 Å². The number of ether oxygens (including phenoxy) is 2. The van der Waals surface area contributed by atoms with Crippen molar-refractivity contribution in [3.8, 4) is 5.75 Å². The lowest BCUT2D eigenvalue weighted by Gasteiger charge is -2.28. The number of carbonyl (C=O) groups is 1. The third-order valence-electron chi connectivity index (χ3n) is 5.29. The molecule has 172 valence electrons. The van der Waals surface area contributed by atoms with Crippen LogP contribution >= 0.6 is 15.9 Å². The van der Waals surface area contributed by atoms with E-state index in [1.165, 1.54) is 0 Å². The van der Waals surface area contributed by atoms with Crippen molar-refractivity contribution in [2.24, 2.45) is 4.99 Å². The predicted octanol–water partition coefficient (Wildman–Crippen LogP) is 3.39. The summed E-state index contributed by atoms with van der Waals surface area (Å²) in [4.78, 5) is 18.1. The average molecular weight is 504 g/mol. The second kappa shape index (κ2) is 11.4. The first kappa shape index (κ1) is 24.2. The van der Waals surface area contributed by atoms with Crippen LogP contribution in [-0.2, 0) is 16.0 Å². The van der Waals surface area contributed by atoms with E-state index in [1.807, 2.05) is 62.4 Å². The number of aliphatic hydroxyl groups excluding tert-OH is 1. The maximum Gasteiger partial charge on any atom is 0.266 e. The molecule has 0 bridgehead atoms. The van der Waals surface area contributed by atoms with Crippen molar-refractivity contribution in [3.05, 3.63) is 64.1 Å². The number of nitrogens with one attached hydrogen (secondary N) is 2. The zero-order valence-electron chi connectivity index (χ0n) is 18.4. The monoisotopic (exact) mass is 503 g/mol. The molecule has 7 nitrogen and oxygen atoms in total. The molecule has 32 heavy (non-hydrogen) atoms. The number of benzene rings is 2. The van der Waals surface area contributed by atoms with Crippen LogP contribution in [0.3, 0.4) is 0 Å². The predicted molar refractivity (Wildman–Crippen MR) is 128 cm³/mol. The Hall–Kier alpha value is -2.42. The van der Waals surface area contributed by atoms with Crippen LogP contribution in [0.2, 0.25) is 0 Å². The molecule has 0 saturated heterocycles. The van der Waals surface area contributed by atoms with Gasteiger partial charge in [0.15, 0.2) is 5.54 Å². The molecule has 1 aliphatic heterocycles. The van der Waals surface area contributed by atoms with Gasteiger partial charge in [0.25, 0.3) is 5.91 Å². The summed E-state index contributed by atoms with van der Waals surface area (Å²) in [6.07, 6.45) is 1.43. The van der Waals surface area contributed by atoms with E-state index in [2.05, 4.69) is 26.8 Å². The summed E-state index contributed by atoms with van der Waals surface area (Å²) >= 11 is 3.46. The molecule has 3 N–H and O–H groups in total. The van der Waals surface area contributed by atoms with Gasteiger partial charge in [-0.2, -0.15) is 0 Å². The molecule has 0 spiro atoms. The van der Waals surface area contributed by atoms with Crippen LogP contribution in [0.1, 0.15) is 37.8 Å². The number of hydrogen-bond acceptors (Lipinski definition) is 6. The van der Waals surface area contributed by atoms with Crippen LogP contribution in [0.15, 0.2) is 58.0 Å². The van der Waals surface area contributed by atoms with Gasteiger partial charge in [0, 0.05) is 36.0 Å². The topological polar surface area (TPSA) is 92.2 Å². The lowest BCUT2D eigenvalue weighted by atomic mass is 9.86. The Morgan fingerprint density at radius 3 is 2.59 bits per heavy atom. The van der Waals surface area contributed by atoms with E-state index in [4.69, 9.17) is 19.6 Å². The third kappa shape index (κ3) is 5.88. The Morgan fingerprint density at radius 2 is 1.94 bits per heavy atom. The Labute approximate surface area is 197 Å². The van der Waals surface area contributed by atoms with Crippen molar-refractivity contribution >= 4 is 27.7 Å². The summed E-state index contributed by atoms with van der Waals surface area (Å²) in [6, 6.07) is 15.3. The molecule has 2 aromatic carbocycles. The standard InChI is InChI=1S/C24H30BrN3O4/c1-3-13-26-28-23(30)24(16-18-5-9-20(25)10-6-18)17(2)32-22(27-24)19-7-11-21(12-8-19)31-15-4-14-29/h5-12,17,26,29H,3-4,13-16H2,1-2H3,(H,28,30)/t17-,24-/m0/s1. The highest BCUT2D eigenvalue weighted by Crippen LogP contribution is 2.33. The largest absolute Gasteiger partial charge is 0.494 e. The summed E-state index contributed by atoms with van der Waals surface area (Å²) in [5.74, 6) is 0.916. The maximum absolute atomic E-state index is 13.3. The Morgan fingerprint density at radius 1 is 1.22 bits per heavy atom. The highest BCUT2D eigenvalue weighted by atomic mass is 79.9. The minimum atomic E-state index is -1.10. The molecule has 3 rings (SSSR count). The third-order valence-corrected chi connectivity index (χ3v) is 5.82. The molecule has 0 fully saturated rings. The van der Waals surface area contributed by atoms with Crippen LogP contribution in [0.5, 0.6) is 5.75 Å². The second-order valence-electron chi connectivity index (χ2n) is 7.74. The second-order valence-corrected chi connectivity index (χ2v) is 8.65. The highest BCUT2D eigenvalue weighted by molar-refractivity contribution is 9.10. The van der Waals surface area contributed by atoms with Gasteiger partial charge < -0.3 is 14.6 Å². The molecule has 0 unspecified atom stereocenters. The van der Waals surface area contributed by atoms with E-state index in [-0.39, 0.29) is 12.5 Å². The van der Waals surface area contributed by atoms with Crippen LogP contribution in [0.4, 0.5) is 0 Å². The van der Waals surface area contributed by atoms with Gasteiger partial charge in [-0.3, -0.25) is 10.2 Å². The smallest absolute Gasteiger partial charge is 0.266 e. The van der Waals surface area contributed by atoms with E-state index in [9.17, 15) is 4.79 Å². The lowest BCUT2D eigenvalue weighted by molar-refractivity contribution is -0.129. The number of nitrogens with zero attached hydrogens (tertiary/aromatic N) is 1. The number of halogens is 1. The molecular formula is C24H30BrN3O4. The molecule has 0 saturated carbocycles. The minimum absolute atomic E-state index is 0.0935. The van der Waals surface area contributed by atoms with E-state index < -0.39 is 11.6 Å². The first-order valence-electron chi connectivity index (χ1n) is 10.9. The van der Waals surface area contributed by atoms with E-state index >= 15 is 0 Å². The van der Waals surface area contributed by atoms with Crippen molar-refractivity contribution in [1.82, 2.24) is 10.9 Å². The van der Waals surface area contributed by atoms with Gasteiger partial charge in [0.2, 0.25) is 5.90 Å². The summed E-state index contributed by atoms with van der Waals surface area (Å²) in [6.45, 7) is 5.12. The summed E-state index contributed by atoms with van der Waals surface area (Å²) in [5, 5.41) is 8.89. The molecule has 0 aliphatic carbocycles. The highest BCUT2D eigenvalue weighted by Gasteiger charge is 2.50. The number of amides is 1. The van der Waals surface area contributed by atoms with Crippen LogP contribution in [0, 0.1) is 0 Å². The first-order chi connectivity index (χ1) is 15.5. The molecular weight excluding hydrogens is 474 g/mol. The zero-order valence-corrected chi connectivity index (χ0v) is 20.0. The van der Waals surface area contributed by atoms with Gasteiger partial charge in [0.05, 0.1) is 6.61 Å². The summed E-state index contributed by atoms with van der Waals surface area (Å²) in [5.41, 5.74) is 6.46. The molecule has 2 atom stereocenters. The van der Waals surface area contributed by atoms with Gasteiger partial charge in [0.1, 0.15) is 11.9 Å². The maximum atomic E-state index is 13.3. The van der Waals surface area contributed by atoms with Crippen LogP contribution in [-0.4, -0.2) is 48.3 Å². The first-order valence-corrected chi connectivity index (χ1v) is 11.7. The van der Waals surface area contributed by atoms with Crippen molar-refractivity contribution in [3.63, 3.8) is 0 Å². The molecule has 1 amide bonds. The van der Waals surface area contributed by atoms with Crippen molar-refractivity contribution in [2.45, 2.75) is 44.8 Å². The number of aliphatic imine (C=N–C) groups is 1. The molecule has 0 radical (unpaired) electrons. The Bertz CT molecular complexity index is 918. The Kier molecular flexibility index (Phi) is 8.67. The number of hydrogen-bond donors (Lipinski definition) is 3. The number of rotatable bonds is 11. The summed E-state index contributed by atoms with van der Waals surface area (Å²) in [7, 11) is 0. The lowest BCUT2D eigenvalue weighted by Crippen LogP contribution is -2.56. The van der Waals surface area contributed by atoms with E-state index in [0.29, 0.717) is 37.6 Å². The normalized spacial score (nSPS) is 19.9. The average Bonchev–Trinajstić information content (AvgIpc) is 3.13. The molecule has 1 aliphatic rings. The van der Waals surface area contributed by atoms with E-state index in [1.54, 1.807) is 0 Å². The Balaban J connectivity index is 1.86. The van der Waals surface area contributed by atoms with Crippen molar-refractivity contribution in [2.75, 3.05) is 19.8 Å². The van der Waals surface area contributed by atoms with Gasteiger partial charge >= 0.3 is 0 Å². The number of carbonyl (C=O) groups excluding carboxylic acids is 1. The minimum Gasteiger partial charge on any atom is -0.494 e.